The average molecular weight is 305 g/mol. The van der Waals surface area contributed by atoms with Crippen LogP contribution in [0, 0.1) is 11.8 Å². The van der Waals surface area contributed by atoms with Gasteiger partial charge in [0.1, 0.15) is 0 Å². The second kappa shape index (κ2) is 6.17. The van der Waals surface area contributed by atoms with E-state index in [-0.39, 0.29) is 0 Å². The number of benzene rings is 2. The fourth-order valence-corrected chi connectivity index (χ4v) is 4.40. The molecule has 0 unspecified atom stereocenters. The predicted octanol–water partition coefficient (Wildman–Crippen LogP) is 3.80. The number of nitrogens with one attached hydrogen (secondary N) is 1. The van der Waals surface area contributed by atoms with Crippen molar-refractivity contribution in [3.05, 3.63) is 71.8 Å². The van der Waals surface area contributed by atoms with Crippen molar-refractivity contribution in [1.29, 1.82) is 0 Å². The average Bonchev–Trinajstić information content (AvgIpc) is 2.63. The summed E-state index contributed by atoms with van der Waals surface area (Å²) in [5.74, 6) is 6.67. The van der Waals surface area contributed by atoms with Crippen LogP contribution < -0.4 is 11.2 Å². The summed E-state index contributed by atoms with van der Waals surface area (Å²) in [5.41, 5.74) is 3.87. The molecule has 3 nitrogen and oxygen atoms in total. The van der Waals surface area contributed by atoms with Crippen molar-refractivity contribution >= 4 is 5.71 Å². The summed E-state index contributed by atoms with van der Waals surface area (Å²) in [6.07, 6.45) is 3.59. The van der Waals surface area contributed by atoms with Crippen LogP contribution in [-0.4, -0.2) is 5.71 Å². The molecule has 1 heterocycles. The number of hydrogen-bond donors (Lipinski definition) is 2. The summed E-state index contributed by atoms with van der Waals surface area (Å²) in [6.45, 7) is 0. The number of fused-ring (bicyclic) bond motifs is 2. The van der Waals surface area contributed by atoms with Crippen LogP contribution in [0.5, 0.6) is 0 Å². The lowest BCUT2D eigenvalue weighted by molar-refractivity contribution is 0.233. The van der Waals surface area contributed by atoms with E-state index in [0.29, 0.717) is 23.9 Å². The van der Waals surface area contributed by atoms with Gasteiger partial charge >= 0.3 is 0 Å². The van der Waals surface area contributed by atoms with E-state index in [1.54, 1.807) is 0 Å². The highest BCUT2D eigenvalue weighted by Crippen LogP contribution is 2.46. The van der Waals surface area contributed by atoms with Gasteiger partial charge in [0.2, 0.25) is 0 Å². The lowest BCUT2D eigenvalue weighted by Gasteiger charge is -2.47. The zero-order valence-corrected chi connectivity index (χ0v) is 13.2. The topological polar surface area (TPSA) is 50.4 Å². The summed E-state index contributed by atoms with van der Waals surface area (Å²) in [6, 6.07) is 22.0. The second-order valence-electron chi connectivity index (χ2n) is 6.64. The highest BCUT2D eigenvalue weighted by atomic mass is 15.1. The van der Waals surface area contributed by atoms with Crippen molar-refractivity contribution in [3.8, 4) is 0 Å². The van der Waals surface area contributed by atoms with Gasteiger partial charge in [-0.1, -0.05) is 67.1 Å². The number of hydrazone groups is 1. The van der Waals surface area contributed by atoms with E-state index in [4.69, 9.17) is 5.84 Å². The SMILES string of the molecule is NN=C1[C@H]2CCC[C@@H]1[C@H](c1ccccc1)N[C@H]2c1ccccc1. The van der Waals surface area contributed by atoms with E-state index >= 15 is 0 Å². The van der Waals surface area contributed by atoms with Crippen LogP contribution in [0.15, 0.2) is 65.8 Å². The molecule has 2 bridgehead atoms. The van der Waals surface area contributed by atoms with E-state index in [1.165, 1.54) is 36.1 Å². The van der Waals surface area contributed by atoms with E-state index in [9.17, 15) is 0 Å². The lowest BCUT2D eigenvalue weighted by Crippen LogP contribution is -2.51. The second-order valence-corrected chi connectivity index (χ2v) is 6.64. The Balaban J connectivity index is 1.76. The molecular formula is C20H23N3. The Kier molecular flexibility index (Phi) is 3.88. The van der Waals surface area contributed by atoms with Gasteiger partial charge in [0.05, 0.1) is 0 Å². The standard InChI is InChI=1S/C20H23N3/c21-23-20-16-12-7-13-17(20)19(15-10-5-2-6-11-15)22-18(16)14-8-3-1-4-9-14/h1-6,8-11,16-19,22H,7,12-13,21H2/t16-,17+,18-,19-/m0/s1. The van der Waals surface area contributed by atoms with Crippen LogP contribution in [-0.2, 0) is 0 Å². The third kappa shape index (κ3) is 2.55. The number of piperidine rings is 1. The fraction of sp³-hybridized carbons (Fsp3) is 0.350. The summed E-state index contributed by atoms with van der Waals surface area (Å²) < 4.78 is 0. The first-order valence-corrected chi connectivity index (χ1v) is 8.52. The van der Waals surface area contributed by atoms with Crippen LogP contribution in [0.2, 0.25) is 0 Å². The molecule has 1 saturated carbocycles. The molecule has 0 spiro atoms. The maximum absolute atomic E-state index is 5.83. The molecule has 1 aliphatic carbocycles. The molecule has 3 N–H and O–H groups in total. The first-order valence-electron chi connectivity index (χ1n) is 8.52. The van der Waals surface area contributed by atoms with Gasteiger partial charge in [-0.3, -0.25) is 0 Å². The van der Waals surface area contributed by atoms with Gasteiger partial charge in [-0.2, -0.15) is 5.10 Å². The van der Waals surface area contributed by atoms with Crippen molar-refractivity contribution in [2.75, 3.05) is 0 Å². The van der Waals surface area contributed by atoms with Gasteiger partial charge in [0.15, 0.2) is 0 Å². The highest BCUT2D eigenvalue weighted by Gasteiger charge is 2.44. The lowest BCUT2D eigenvalue weighted by atomic mass is 9.67. The molecule has 1 aliphatic heterocycles. The third-order valence-corrected chi connectivity index (χ3v) is 5.42. The van der Waals surface area contributed by atoms with Crippen molar-refractivity contribution in [2.45, 2.75) is 31.3 Å². The molecule has 2 fully saturated rings. The predicted molar refractivity (Wildman–Crippen MR) is 94.0 cm³/mol. The highest BCUT2D eigenvalue weighted by molar-refractivity contribution is 5.91. The molecule has 118 valence electrons. The van der Waals surface area contributed by atoms with Gasteiger partial charge in [0, 0.05) is 29.6 Å². The fourth-order valence-electron chi connectivity index (χ4n) is 4.40. The summed E-state index contributed by atoms with van der Waals surface area (Å²) in [4.78, 5) is 0. The molecular weight excluding hydrogens is 282 g/mol. The van der Waals surface area contributed by atoms with Crippen molar-refractivity contribution in [1.82, 2.24) is 5.32 Å². The zero-order valence-electron chi connectivity index (χ0n) is 13.2. The smallest absolute Gasteiger partial charge is 0.0475 e. The van der Waals surface area contributed by atoms with Crippen molar-refractivity contribution in [2.24, 2.45) is 22.8 Å². The molecule has 2 aromatic carbocycles. The number of nitrogens with zero attached hydrogens (tertiary/aromatic N) is 1. The Morgan fingerprint density at radius 1 is 0.783 bits per heavy atom. The van der Waals surface area contributed by atoms with Crippen LogP contribution in [0.1, 0.15) is 42.5 Å². The maximum Gasteiger partial charge on any atom is 0.0475 e. The Morgan fingerprint density at radius 3 is 1.70 bits per heavy atom. The van der Waals surface area contributed by atoms with Crippen LogP contribution in [0.3, 0.4) is 0 Å². The number of nitrogens with two attached hydrogens (primary N) is 1. The summed E-state index contributed by atoms with van der Waals surface area (Å²) in [7, 11) is 0. The molecule has 23 heavy (non-hydrogen) atoms. The number of rotatable bonds is 2. The quantitative estimate of drug-likeness (QED) is 0.655. The number of hydrogen-bond acceptors (Lipinski definition) is 3. The zero-order chi connectivity index (χ0) is 15.6. The van der Waals surface area contributed by atoms with Crippen molar-refractivity contribution in [3.63, 3.8) is 0 Å². The minimum Gasteiger partial charge on any atom is -0.323 e. The van der Waals surface area contributed by atoms with E-state index in [1.807, 2.05) is 0 Å². The normalized spacial score (nSPS) is 31.9. The molecule has 3 heteroatoms. The van der Waals surface area contributed by atoms with E-state index in [2.05, 4.69) is 71.1 Å². The van der Waals surface area contributed by atoms with Crippen LogP contribution >= 0.6 is 0 Å². The maximum atomic E-state index is 5.83. The molecule has 4 atom stereocenters. The van der Waals surface area contributed by atoms with E-state index < -0.39 is 0 Å². The van der Waals surface area contributed by atoms with Crippen LogP contribution in [0.25, 0.3) is 0 Å². The van der Waals surface area contributed by atoms with Gasteiger partial charge in [-0.15, -0.1) is 0 Å². The van der Waals surface area contributed by atoms with Gasteiger partial charge in [-0.25, -0.2) is 0 Å². The largest absolute Gasteiger partial charge is 0.323 e. The molecule has 2 aliphatic rings. The van der Waals surface area contributed by atoms with E-state index in [0.717, 1.165) is 0 Å². The van der Waals surface area contributed by atoms with Gasteiger partial charge in [-0.05, 0) is 24.0 Å². The van der Waals surface area contributed by atoms with Gasteiger partial charge in [0.25, 0.3) is 0 Å². The van der Waals surface area contributed by atoms with Crippen LogP contribution in [0.4, 0.5) is 0 Å². The molecule has 0 aromatic heterocycles. The Bertz CT molecular complexity index is 625. The molecule has 4 rings (SSSR count). The van der Waals surface area contributed by atoms with Crippen molar-refractivity contribution < 1.29 is 0 Å². The molecule has 1 saturated heterocycles. The summed E-state index contributed by atoms with van der Waals surface area (Å²) >= 11 is 0. The first kappa shape index (κ1) is 14.5. The molecule has 0 radical (unpaired) electrons. The Labute approximate surface area is 137 Å². The monoisotopic (exact) mass is 305 g/mol. The minimum atomic E-state index is 0.292. The minimum absolute atomic E-state index is 0.292. The third-order valence-electron chi connectivity index (χ3n) is 5.42. The summed E-state index contributed by atoms with van der Waals surface area (Å²) in [5, 5.41) is 8.18. The molecule has 0 amide bonds. The first-order chi connectivity index (χ1) is 11.4. The Hall–Kier alpha value is -2.13. The Morgan fingerprint density at radius 2 is 1.26 bits per heavy atom. The van der Waals surface area contributed by atoms with Gasteiger partial charge < -0.3 is 11.2 Å². The molecule has 2 aromatic rings.